The minimum Gasteiger partial charge on any atom is -0.394 e. The van der Waals surface area contributed by atoms with Crippen LogP contribution in [0.2, 0.25) is 5.15 Å². The molecule has 4 nitrogen and oxygen atoms in total. The quantitative estimate of drug-likeness (QED) is 0.777. The molecule has 0 bridgehead atoms. The van der Waals surface area contributed by atoms with Crippen LogP contribution in [0.15, 0.2) is 6.20 Å². The Hall–Kier alpha value is -0.580. The summed E-state index contributed by atoms with van der Waals surface area (Å²) in [6.07, 6.45) is 3.72. The largest absolute Gasteiger partial charge is 0.394 e. The molecular formula is C9H14ClN3O. The molecule has 0 aromatic carbocycles. The van der Waals surface area contributed by atoms with Gasteiger partial charge >= 0.3 is 0 Å². The molecule has 2 rings (SSSR count). The average Bonchev–Trinajstić information content (AvgIpc) is 2.91. The van der Waals surface area contributed by atoms with E-state index in [2.05, 4.69) is 10.3 Å². The standard InChI is InChI=1S/C9H14ClN3O/c1-13-7(10)4-11-8(13)5-12-9(6-14)2-3-9/h4,12,14H,2-3,5-6H2,1H3. The highest BCUT2D eigenvalue weighted by atomic mass is 35.5. The number of hydrogen-bond acceptors (Lipinski definition) is 3. The molecule has 14 heavy (non-hydrogen) atoms. The highest BCUT2D eigenvalue weighted by Gasteiger charge is 2.41. The number of aromatic nitrogens is 2. The molecule has 0 amide bonds. The Balaban J connectivity index is 1.95. The van der Waals surface area contributed by atoms with E-state index in [0.29, 0.717) is 11.7 Å². The van der Waals surface area contributed by atoms with Crippen molar-refractivity contribution in [3.05, 3.63) is 17.2 Å². The van der Waals surface area contributed by atoms with Crippen LogP contribution >= 0.6 is 11.6 Å². The van der Waals surface area contributed by atoms with Crippen molar-refractivity contribution in [2.45, 2.75) is 24.9 Å². The topological polar surface area (TPSA) is 50.1 Å². The first-order valence-electron chi connectivity index (χ1n) is 4.69. The lowest BCUT2D eigenvalue weighted by molar-refractivity contribution is 0.228. The zero-order chi connectivity index (χ0) is 10.2. The second-order valence-electron chi connectivity index (χ2n) is 3.85. The van der Waals surface area contributed by atoms with Gasteiger partial charge in [-0.05, 0) is 12.8 Å². The fourth-order valence-corrected chi connectivity index (χ4v) is 1.54. The summed E-state index contributed by atoms with van der Waals surface area (Å²) in [4.78, 5) is 4.17. The van der Waals surface area contributed by atoms with Gasteiger partial charge in [0.2, 0.25) is 0 Å². The molecule has 1 aromatic rings. The van der Waals surface area contributed by atoms with Gasteiger partial charge in [-0.25, -0.2) is 4.98 Å². The van der Waals surface area contributed by atoms with Crippen LogP contribution in [-0.4, -0.2) is 26.8 Å². The van der Waals surface area contributed by atoms with Gasteiger partial charge in [-0.2, -0.15) is 0 Å². The smallest absolute Gasteiger partial charge is 0.128 e. The Morgan fingerprint density at radius 3 is 2.86 bits per heavy atom. The van der Waals surface area contributed by atoms with E-state index in [1.54, 1.807) is 6.20 Å². The van der Waals surface area contributed by atoms with Crippen molar-refractivity contribution < 1.29 is 5.11 Å². The summed E-state index contributed by atoms with van der Waals surface area (Å²) in [5.41, 5.74) is -0.0432. The van der Waals surface area contributed by atoms with E-state index in [-0.39, 0.29) is 12.1 Å². The highest BCUT2D eigenvalue weighted by molar-refractivity contribution is 6.29. The Bertz CT molecular complexity index is 333. The third-order valence-electron chi connectivity index (χ3n) is 2.81. The molecule has 0 aliphatic heterocycles. The molecule has 1 aliphatic carbocycles. The number of aliphatic hydroxyl groups is 1. The van der Waals surface area contributed by atoms with Crippen LogP contribution in [0.25, 0.3) is 0 Å². The van der Waals surface area contributed by atoms with Crippen LogP contribution < -0.4 is 5.32 Å². The Labute approximate surface area is 87.9 Å². The van der Waals surface area contributed by atoms with Crippen LogP contribution in [0, 0.1) is 0 Å². The molecule has 2 N–H and O–H groups in total. The third-order valence-corrected chi connectivity index (χ3v) is 3.16. The summed E-state index contributed by atoms with van der Waals surface area (Å²) < 4.78 is 1.84. The van der Waals surface area contributed by atoms with Gasteiger partial charge in [0.1, 0.15) is 11.0 Å². The fraction of sp³-hybridized carbons (Fsp3) is 0.667. The molecule has 0 saturated heterocycles. The van der Waals surface area contributed by atoms with Gasteiger partial charge in [-0.3, -0.25) is 0 Å². The lowest BCUT2D eigenvalue weighted by Crippen LogP contribution is -2.34. The first-order chi connectivity index (χ1) is 6.67. The van der Waals surface area contributed by atoms with Crippen LogP contribution in [0.3, 0.4) is 0 Å². The molecule has 5 heteroatoms. The van der Waals surface area contributed by atoms with Crippen LogP contribution in [0.1, 0.15) is 18.7 Å². The van der Waals surface area contributed by atoms with Crippen molar-refractivity contribution in [2.75, 3.05) is 6.61 Å². The predicted octanol–water partition coefficient (Wildman–Crippen LogP) is 0.688. The number of imidazole rings is 1. The molecule has 0 radical (unpaired) electrons. The third kappa shape index (κ3) is 1.78. The van der Waals surface area contributed by atoms with Crippen LogP contribution in [0.4, 0.5) is 0 Å². The summed E-state index contributed by atoms with van der Waals surface area (Å²) in [5, 5.41) is 13.0. The number of rotatable bonds is 4. The minimum atomic E-state index is -0.0432. The van der Waals surface area contributed by atoms with Gasteiger partial charge in [0.15, 0.2) is 0 Å². The molecule has 1 fully saturated rings. The van der Waals surface area contributed by atoms with Gasteiger partial charge in [0, 0.05) is 12.6 Å². The zero-order valence-electron chi connectivity index (χ0n) is 8.13. The lowest BCUT2D eigenvalue weighted by Gasteiger charge is -2.13. The van der Waals surface area contributed by atoms with Crippen molar-refractivity contribution in [1.82, 2.24) is 14.9 Å². The van der Waals surface area contributed by atoms with E-state index < -0.39 is 0 Å². The number of hydrogen-bond donors (Lipinski definition) is 2. The summed E-state index contributed by atoms with van der Waals surface area (Å²) in [7, 11) is 1.88. The van der Waals surface area contributed by atoms with Crippen molar-refractivity contribution in [3.8, 4) is 0 Å². The van der Waals surface area contributed by atoms with Gasteiger partial charge in [0.25, 0.3) is 0 Å². The fourth-order valence-electron chi connectivity index (χ4n) is 1.40. The second-order valence-corrected chi connectivity index (χ2v) is 4.24. The lowest BCUT2D eigenvalue weighted by atomic mass is 10.3. The van der Waals surface area contributed by atoms with E-state index in [4.69, 9.17) is 16.7 Å². The summed E-state index contributed by atoms with van der Waals surface area (Å²) >= 11 is 5.85. The molecule has 0 spiro atoms. The van der Waals surface area contributed by atoms with Crippen molar-refractivity contribution in [2.24, 2.45) is 7.05 Å². The molecule has 1 heterocycles. The molecule has 0 atom stereocenters. The maximum Gasteiger partial charge on any atom is 0.128 e. The monoisotopic (exact) mass is 215 g/mol. The van der Waals surface area contributed by atoms with Gasteiger partial charge < -0.3 is 15.0 Å². The summed E-state index contributed by atoms with van der Waals surface area (Å²) in [5.74, 6) is 0.898. The summed E-state index contributed by atoms with van der Waals surface area (Å²) in [6.45, 7) is 0.856. The minimum absolute atomic E-state index is 0.0432. The Morgan fingerprint density at radius 2 is 2.43 bits per heavy atom. The first kappa shape index (κ1) is 9.96. The van der Waals surface area contributed by atoms with Gasteiger partial charge in [0.05, 0.1) is 19.3 Å². The van der Waals surface area contributed by atoms with Crippen molar-refractivity contribution in [1.29, 1.82) is 0 Å². The van der Waals surface area contributed by atoms with Crippen LogP contribution in [-0.2, 0) is 13.6 Å². The molecule has 1 aliphatic rings. The Morgan fingerprint density at radius 1 is 1.71 bits per heavy atom. The molecular weight excluding hydrogens is 202 g/mol. The number of nitrogens with one attached hydrogen (secondary N) is 1. The van der Waals surface area contributed by atoms with E-state index in [9.17, 15) is 0 Å². The summed E-state index contributed by atoms with van der Waals surface area (Å²) in [6, 6.07) is 0. The maximum atomic E-state index is 9.09. The second kappa shape index (κ2) is 3.53. The Kier molecular flexibility index (Phi) is 2.51. The van der Waals surface area contributed by atoms with E-state index in [0.717, 1.165) is 18.7 Å². The van der Waals surface area contributed by atoms with Crippen molar-refractivity contribution >= 4 is 11.6 Å². The van der Waals surface area contributed by atoms with E-state index in [1.165, 1.54) is 0 Å². The van der Waals surface area contributed by atoms with E-state index in [1.807, 2.05) is 11.6 Å². The number of nitrogens with zero attached hydrogens (tertiary/aromatic N) is 2. The average molecular weight is 216 g/mol. The molecule has 0 unspecified atom stereocenters. The maximum absolute atomic E-state index is 9.09. The normalized spacial score (nSPS) is 18.5. The number of halogens is 1. The first-order valence-corrected chi connectivity index (χ1v) is 5.07. The predicted molar refractivity (Wildman–Crippen MR) is 54.1 cm³/mol. The van der Waals surface area contributed by atoms with Crippen LogP contribution in [0.5, 0.6) is 0 Å². The number of aliphatic hydroxyl groups excluding tert-OH is 1. The molecule has 1 saturated carbocycles. The molecule has 78 valence electrons. The molecule has 1 aromatic heterocycles. The van der Waals surface area contributed by atoms with E-state index >= 15 is 0 Å². The van der Waals surface area contributed by atoms with Gasteiger partial charge in [-0.15, -0.1) is 0 Å². The SMILES string of the molecule is Cn1c(Cl)cnc1CNC1(CO)CC1. The van der Waals surface area contributed by atoms with Gasteiger partial charge in [-0.1, -0.05) is 11.6 Å². The zero-order valence-corrected chi connectivity index (χ0v) is 8.88. The highest BCUT2D eigenvalue weighted by Crippen LogP contribution is 2.34. The van der Waals surface area contributed by atoms with Crippen molar-refractivity contribution in [3.63, 3.8) is 0 Å².